The Morgan fingerprint density at radius 3 is 2.06 bits per heavy atom. The summed E-state index contributed by atoms with van der Waals surface area (Å²) in [6, 6.07) is 23.6. The largest absolute Gasteiger partial charge is 0.322 e. The van der Waals surface area contributed by atoms with Gasteiger partial charge in [-0.25, -0.2) is 8.42 Å². The van der Waals surface area contributed by atoms with E-state index < -0.39 is 10.0 Å². The summed E-state index contributed by atoms with van der Waals surface area (Å²) in [6.45, 7) is 0. The van der Waals surface area contributed by atoms with E-state index >= 15 is 0 Å². The second-order valence-electron chi connectivity index (χ2n) is 6.81. The Hall–Kier alpha value is -3.06. The molecule has 0 aliphatic heterocycles. The van der Waals surface area contributed by atoms with Crippen LogP contribution in [0.5, 0.6) is 0 Å². The highest BCUT2D eigenvalue weighted by Crippen LogP contribution is 2.26. The third-order valence-corrected chi connectivity index (χ3v) is 6.33. The van der Waals surface area contributed by atoms with Gasteiger partial charge in [-0.2, -0.15) is 0 Å². The van der Waals surface area contributed by atoms with E-state index in [0.717, 1.165) is 10.8 Å². The van der Waals surface area contributed by atoms with Gasteiger partial charge in [0.15, 0.2) is 0 Å². The molecule has 0 atom stereocenters. The molecule has 4 aromatic rings. The maximum Gasteiger partial charge on any atom is 0.261 e. The first-order chi connectivity index (χ1) is 14.8. The predicted octanol–water partition coefficient (Wildman–Crippen LogP) is 6.20. The SMILES string of the molecule is O=C(Nc1ccccc1)c1ccc2cc(NS(=O)(=O)c3cc(Cl)cc(Cl)c3)ccc2c1. The minimum absolute atomic E-state index is 0.0296. The van der Waals surface area contributed by atoms with Gasteiger partial charge in [-0.15, -0.1) is 0 Å². The van der Waals surface area contributed by atoms with Crippen LogP contribution in [0.25, 0.3) is 10.8 Å². The number of rotatable bonds is 5. The molecule has 0 aliphatic carbocycles. The van der Waals surface area contributed by atoms with E-state index in [1.54, 1.807) is 36.4 Å². The summed E-state index contributed by atoms with van der Waals surface area (Å²) in [6.07, 6.45) is 0. The Kier molecular flexibility index (Phi) is 5.87. The normalized spacial score (nSPS) is 11.3. The lowest BCUT2D eigenvalue weighted by Gasteiger charge is -2.11. The quantitative estimate of drug-likeness (QED) is 0.364. The number of nitrogens with one attached hydrogen (secondary N) is 2. The first-order valence-corrected chi connectivity index (χ1v) is 11.4. The lowest BCUT2D eigenvalue weighted by molar-refractivity contribution is 0.102. The van der Waals surface area contributed by atoms with Gasteiger partial charge in [0.1, 0.15) is 0 Å². The zero-order chi connectivity index (χ0) is 22.0. The van der Waals surface area contributed by atoms with Crippen molar-refractivity contribution in [3.8, 4) is 0 Å². The third kappa shape index (κ3) is 4.99. The summed E-state index contributed by atoms with van der Waals surface area (Å²) in [5, 5.41) is 4.88. The topological polar surface area (TPSA) is 75.3 Å². The fraction of sp³-hybridized carbons (Fsp3) is 0. The summed E-state index contributed by atoms with van der Waals surface area (Å²) in [5.74, 6) is -0.226. The number of carbonyl (C=O) groups excluding carboxylic acids is 1. The van der Waals surface area contributed by atoms with Gasteiger partial charge < -0.3 is 5.32 Å². The van der Waals surface area contributed by atoms with Crippen LogP contribution in [0.15, 0.2) is 89.8 Å². The van der Waals surface area contributed by atoms with Crippen molar-refractivity contribution >= 4 is 61.3 Å². The third-order valence-electron chi connectivity index (χ3n) is 4.53. The maximum atomic E-state index is 12.7. The predicted molar refractivity (Wildman–Crippen MR) is 126 cm³/mol. The van der Waals surface area contributed by atoms with Crippen LogP contribution in [0, 0.1) is 0 Å². The fourth-order valence-corrected chi connectivity index (χ4v) is 4.85. The van der Waals surface area contributed by atoms with Crippen molar-refractivity contribution in [2.45, 2.75) is 4.90 Å². The second-order valence-corrected chi connectivity index (χ2v) is 9.36. The highest BCUT2D eigenvalue weighted by atomic mass is 35.5. The summed E-state index contributed by atoms with van der Waals surface area (Å²) in [5.41, 5.74) is 1.59. The number of carbonyl (C=O) groups is 1. The number of para-hydroxylation sites is 1. The summed E-state index contributed by atoms with van der Waals surface area (Å²) in [7, 11) is -3.87. The fourth-order valence-electron chi connectivity index (χ4n) is 3.07. The van der Waals surface area contributed by atoms with E-state index in [9.17, 15) is 13.2 Å². The highest BCUT2D eigenvalue weighted by molar-refractivity contribution is 7.92. The smallest absolute Gasteiger partial charge is 0.261 e. The van der Waals surface area contributed by atoms with Crippen molar-refractivity contribution in [1.82, 2.24) is 0 Å². The monoisotopic (exact) mass is 470 g/mol. The number of sulfonamides is 1. The number of fused-ring (bicyclic) bond motifs is 1. The van der Waals surface area contributed by atoms with Gasteiger partial charge in [-0.3, -0.25) is 9.52 Å². The molecule has 0 fully saturated rings. The molecule has 4 aromatic carbocycles. The van der Waals surface area contributed by atoms with Gasteiger partial charge in [0.25, 0.3) is 15.9 Å². The Bertz CT molecular complexity index is 1370. The van der Waals surface area contributed by atoms with Crippen molar-refractivity contribution in [3.63, 3.8) is 0 Å². The molecule has 0 unspecified atom stereocenters. The molecule has 0 aliphatic rings. The van der Waals surface area contributed by atoms with E-state index in [-0.39, 0.29) is 20.8 Å². The lowest BCUT2D eigenvalue weighted by atomic mass is 10.1. The van der Waals surface area contributed by atoms with Crippen molar-refractivity contribution in [2.24, 2.45) is 0 Å². The van der Waals surface area contributed by atoms with Crippen LogP contribution in [0.3, 0.4) is 0 Å². The molecule has 0 heterocycles. The molecule has 0 saturated carbocycles. The molecule has 0 spiro atoms. The van der Waals surface area contributed by atoms with Crippen LogP contribution in [-0.4, -0.2) is 14.3 Å². The maximum absolute atomic E-state index is 12.7. The van der Waals surface area contributed by atoms with Crippen molar-refractivity contribution in [2.75, 3.05) is 10.0 Å². The zero-order valence-electron chi connectivity index (χ0n) is 16.0. The van der Waals surface area contributed by atoms with Crippen LogP contribution < -0.4 is 10.0 Å². The first-order valence-electron chi connectivity index (χ1n) is 9.19. The molecule has 0 saturated heterocycles. The summed E-state index contributed by atoms with van der Waals surface area (Å²) < 4.78 is 27.9. The number of amides is 1. The van der Waals surface area contributed by atoms with Gasteiger partial charge in [-0.1, -0.05) is 53.5 Å². The van der Waals surface area contributed by atoms with Gasteiger partial charge in [0.2, 0.25) is 0 Å². The Morgan fingerprint density at radius 2 is 1.35 bits per heavy atom. The van der Waals surface area contributed by atoms with Crippen molar-refractivity contribution in [1.29, 1.82) is 0 Å². The van der Waals surface area contributed by atoms with Gasteiger partial charge in [0.05, 0.1) is 4.90 Å². The molecule has 1 amide bonds. The Balaban J connectivity index is 1.57. The van der Waals surface area contributed by atoms with Crippen LogP contribution >= 0.6 is 23.2 Å². The number of hydrogen-bond donors (Lipinski definition) is 2. The molecule has 31 heavy (non-hydrogen) atoms. The minimum Gasteiger partial charge on any atom is -0.322 e. The number of hydrogen-bond acceptors (Lipinski definition) is 3. The van der Waals surface area contributed by atoms with E-state index in [2.05, 4.69) is 10.0 Å². The number of anilines is 2. The van der Waals surface area contributed by atoms with E-state index in [4.69, 9.17) is 23.2 Å². The van der Waals surface area contributed by atoms with Gasteiger partial charge in [0, 0.05) is 27.0 Å². The molecule has 0 bridgehead atoms. The molecule has 4 rings (SSSR count). The molecule has 0 radical (unpaired) electrons. The lowest BCUT2D eigenvalue weighted by Crippen LogP contribution is -2.13. The standard InChI is InChI=1S/C23H16Cl2N2O3S/c24-18-12-19(25)14-22(13-18)31(29,30)27-21-9-8-15-10-17(7-6-16(15)11-21)23(28)26-20-4-2-1-3-5-20/h1-14,27H,(H,26,28). The van der Waals surface area contributed by atoms with Crippen LogP contribution in [0.4, 0.5) is 11.4 Å². The minimum atomic E-state index is -3.87. The Morgan fingerprint density at radius 1 is 0.710 bits per heavy atom. The van der Waals surface area contributed by atoms with E-state index in [1.807, 2.05) is 30.3 Å². The van der Waals surface area contributed by atoms with Crippen molar-refractivity contribution in [3.05, 3.63) is 101 Å². The van der Waals surface area contributed by atoms with Crippen LogP contribution in [0.2, 0.25) is 10.0 Å². The van der Waals surface area contributed by atoms with Gasteiger partial charge >= 0.3 is 0 Å². The molecular weight excluding hydrogens is 455 g/mol. The van der Waals surface area contributed by atoms with Gasteiger partial charge in [-0.05, 0) is 65.4 Å². The number of benzene rings is 4. The van der Waals surface area contributed by atoms with Crippen molar-refractivity contribution < 1.29 is 13.2 Å². The molecule has 5 nitrogen and oxygen atoms in total. The van der Waals surface area contributed by atoms with Crippen LogP contribution in [-0.2, 0) is 10.0 Å². The molecule has 0 aromatic heterocycles. The molecule has 2 N–H and O–H groups in total. The number of halogens is 2. The summed E-state index contributed by atoms with van der Waals surface area (Å²) >= 11 is 11.8. The Labute approximate surface area is 189 Å². The molecule has 156 valence electrons. The van der Waals surface area contributed by atoms with E-state index in [0.29, 0.717) is 16.9 Å². The molecular formula is C23H16Cl2N2O3S. The van der Waals surface area contributed by atoms with Crippen LogP contribution in [0.1, 0.15) is 10.4 Å². The van der Waals surface area contributed by atoms with E-state index in [1.165, 1.54) is 18.2 Å². The molecule has 8 heteroatoms. The summed E-state index contributed by atoms with van der Waals surface area (Å²) in [4.78, 5) is 12.5. The second kappa shape index (κ2) is 8.59. The zero-order valence-corrected chi connectivity index (χ0v) is 18.3. The highest BCUT2D eigenvalue weighted by Gasteiger charge is 2.16. The average molecular weight is 471 g/mol. The first kappa shape index (κ1) is 21.2. The average Bonchev–Trinajstić information content (AvgIpc) is 2.73.